The normalized spacial score (nSPS) is 12.3. The summed E-state index contributed by atoms with van der Waals surface area (Å²) in [5.74, 6) is -0.216. The maximum atomic E-state index is 12.0. The minimum Gasteiger partial charge on any atom is -0.329 e. The minimum atomic E-state index is -3.59. The molecule has 4 N–H and O–H groups in total. The Morgan fingerprint density at radius 3 is 2.64 bits per heavy atom. The highest BCUT2D eigenvalue weighted by Crippen LogP contribution is 2.17. The fraction of sp³-hybridized carbons (Fsp3) is 0.500. The minimum absolute atomic E-state index is 0. The van der Waals surface area contributed by atoms with Crippen LogP contribution in [0.2, 0.25) is 0 Å². The molecular formula is C14H24ClN3O3S. The third-order valence-corrected chi connectivity index (χ3v) is 4.48. The van der Waals surface area contributed by atoms with Crippen molar-refractivity contribution in [3.05, 3.63) is 24.3 Å². The average Bonchev–Trinajstić information content (AvgIpc) is 2.45. The van der Waals surface area contributed by atoms with E-state index < -0.39 is 10.0 Å². The second-order valence-corrected chi connectivity index (χ2v) is 6.66. The molecule has 126 valence electrons. The summed E-state index contributed by atoms with van der Waals surface area (Å²) < 4.78 is 26.4. The summed E-state index contributed by atoms with van der Waals surface area (Å²) >= 11 is 0. The van der Waals surface area contributed by atoms with Gasteiger partial charge in [-0.1, -0.05) is 26.3 Å². The fourth-order valence-electron chi connectivity index (χ4n) is 1.85. The van der Waals surface area contributed by atoms with Crippen molar-refractivity contribution in [2.45, 2.75) is 31.6 Å². The monoisotopic (exact) mass is 349 g/mol. The topological polar surface area (TPSA) is 101 Å². The SMILES string of the molecule is CCCC(C)C(=O)Nc1cccc(S(=O)(=O)NCCN)c1.Cl. The van der Waals surface area contributed by atoms with E-state index in [0.717, 1.165) is 12.8 Å². The molecule has 1 amide bonds. The Hall–Kier alpha value is -1.15. The van der Waals surface area contributed by atoms with Crippen LogP contribution >= 0.6 is 12.4 Å². The third-order valence-electron chi connectivity index (χ3n) is 3.02. The molecule has 1 atom stereocenters. The number of hydrogen-bond acceptors (Lipinski definition) is 4. The van der Waals surface area contributed by atoms with E-state index in [1.54, 1.807) is 12.1 Å². The maximum Gasteiger partial charge on any atom is 0.240 e. The van der Waals surface area contributed by atoms with Crippen molar-refractivity contribution in [1.82, 2.24) is 4.72 Å². The summed E-state index contributed by atoms with van der Waals surface area (Å²) in [5, 5.41) is 2.74. The predicted octanol–water partition coefficient (Wildman–Crippen LogP) is 1.72. The van der Waals surface area contributed by atoms with Gasteiger partial charge in [0.15, 0.2) is 0 Å². The standard InChI is InChI=1S/C14H23N3O3S.ClH/c1-3-5-11(2)14(18)17-12-6-4-7-13(10-12)21(19,20)16-9-8-15;/h4,6-7,10-11,16H,3,5,8-9,15H2,1-2H3,(H,17,18);1H. The van der Waals surface area contributed by atoms with Crippen LogP contribution in [0.4, 0.5) is 5.69 Å². The molecular weight excluding hydrogens is 326 g/mol. The second-order valence-electron chi connectivity index (χ2n) is 4.89. The van der Waals surface area contributed by atoms with Crippen LogP contribution in [0, 0.1) is 5.92 Å². The summed E-state index contributed by atoms with van der Waals surface area (Å²) in [7, 11) is -3.59. The molecule has 0 aromatic heterocycles. The van der Waals surface area contributed by atoms with E-state index in [0.29, 0.717) is 5.69 Å². The van der Waals surface area contributed by atoms with E-state index in [2.05, 4.69) is 10.0 Å². The molecule has 22 heavy (non-hydrogen) atoms. The van der Waals surface area contributed by atoms with Crippen molar-refractivity contribution in [3.63, 3.8) is 0 Å². The molecule has 0 aliphatic heterocycles. The van der Waals surface area contributed by atoms with Crippen LogP contribution in [0.3, 0.4) is 0 Å². The average molecular weight is 350 g/mol. The van der Waals surface area contributed by atoms with E-state index in [9.17, 15) is 13.2 Å². The summed E-state index contributed by atoms with van der Waals surface area (Å²) in [6.07, 6.45) is 1.72. The van der Waals surface area contributed by atoms with Crippen LogP contribution in [0.1, 0.15) is 26.7 Å². The number of benzene rings is 1. The van der Waals surface area contributed by atoms with Gasteiger partial charge >= 0.3 is 0 Å². The van der Waals surface area contributed by atoms with Crippen LogP contribution in [0.5, 0.6) is 0 Å². The number of amides is 1. The molecule has 1 aromatic carbocycles. The van der Waals surface area contributed by atoms with Gasteiger partial charge in [0.2, 0.25) is 15.9 Å². The van der Waals surface area contributed by atoms with Crippen LogP contribution in [0.25, 0.3) is 0 Å². The van der Waals surface area contributed by atoms with E-state index in [1.807, 2.05) is 13.8 Å². The van der Waals surface area contributed by atoms with Crippen molar-refractivity contribution in [1.29, 1.82) is 0 Å². The number of sulfonamides is 1. The van der Waals surface area contributed by atoms with Crippen molar-refractivity contribution < 1.29 is 13.2 Å². The van der Waals surface area contributed by atoms with Gasteiger partial charge in [-0.3, -0.25) is 4.79 Å². The molecule has 1 rings (SSSR count). The molecule has 0 saturated heterocycles. The molecule has 0 saturated carbocycles. The summed E-state index contributed by atoms with van der Waals surface area (Å²) in [6, 6.07) is 6.18. The molecule has 8 heteroatoms. The predicted molar refractivity (Wildman–Crippen MR) is 90.6 cm³/mol. The van der Waals surface area contributed by atoms with Crippen molar-refractivity contribution in [3.8, 4) is 0 Å². The first-order valence-corrected chi connectivity index (χ1v) is 8.49. The molecule has 0 aliphatic rings. The van der Waals surface area contributed by atoms with Crippen LogP contribution in [0.15, 0.2) is 29.2 Å². The number of carbonyl (C=O) groups is 1. The lowest BCUT2D eigenvalue weighted by Gasteiger charge is -2.12. The summed E-state index contributed by atoms with van der Waals surface area (Å²) in [6.45, 7) is 4.26. The molecule has 0 radical (unpaired) electrons. The van der Waals surface area contributed by atoms with Gasteiger partial charge in [0, 0.05) is 24.7 Å². The number of halogens is 1. The van der Waals surface area contributed by atoms with Crippen molar-refractivity contribution >= 4 is 34.0 Å². The van der Waals surface area contributed by atoms with E-state index in [-0.39, 0.29) is 42.2 Å². The number of nitrogens with two attached hydrogens (primary N) is 1. The first-order chi connectivity index (χ1) is 9.90. The zero-order chi connectivity index (χ0) is 15.9. The summed E-state index contributed by atoms with van der Waals surface area (Å²) in [4.78, 5) is 12.1. The highest BCUT2D eigenvalue weighted by molar-refractivity contribution is 7.89. The molecule has 0 heterocycles. The van der Waals surface area contributed by atoms with Gasteiger partial charge < -0.3 is 11.1 Å². The van der Waals surface area contributed by atoms with Gasteiger partial charge in [-0.05, 0) is 24.6 Å². The van der Waals surface area contributed by atoms with Gasteiger partial charge in [-0.25, -0.2) is 13.1 Å². The van der Waals surface area contributed by atoms with Gasteiger partial charge in [-0.15, -0.1) is 12.4 Å². The molecule has 0 fully saturated rings. The van der Waals surface area contributed by atoms with Gasteiger partial charge in [-0.2, -0.15) is 0 Å². The summed E-state index contributed by atoms with van der Waals surface area (Å²) in [5.41, 5.74) is 5.76. The van der Waals surface area contributed by atoms with Crippen LogP contribution < -0.4 is 15.8 Å². The zero-order valence-corrected chi connectivity index (χ0v) is 14.5. The number of rotatable bonds is 8. The van der Waals surface area contributed by atoms with Crippen LogP contribution in [-0.2, 0) is 14.8 Å². The molecule has 1 unspecified atom stereocenters. The van der Waals surface area contributed by atoms with Gasteiger partial charge in [0.05, 0.1) is 4.90 Å². The number of anilines is 1. The molecule has 6 nitrogen and oxygen atoms in total. The van der Waals surface area contributed by atoms with Gasteiger partial charge in [0.25, 0.3) is 0 Å². The number of hydrogen-bond donors (Lipinski definition) is 3. The Labute approximate surface area is 138 Å². The van der Waals surface area contributed by atoms with Gasteiger partial charge in [0.1, 0.15) is 0 Å². The molecule has 0 bridgehead atoms. The first-order valence-electron chi connectivity index (χ1n) is 7.01. The highest BCUT2D eigenvalue weighted by atomic mass is 35.5. The molecule has 0 spiro atoms. The Kier molecular flexibility index (Phi) is 9.27. The quantitative estimate of drug-likeness (QED) is 0.665. The Balaban J connectivity index is 0.00000441. The van der Waals surface area contributed by atoms with Crippen molar-refractivity contribution in [2.24, 2.45) is 11.7 Å². The van der Waals surface area contributed by atoms with E-state index in [1.165, 1.54) is 12.1 Å². The van der Waals surface area contributed by atoms with E-state index in [4.69, 9.17) is 5.73 Å². The second kappa shape index (κ2) is 9.78. The third kappa shape index (κ3) is 6.31. The lowest BCUT2D eigenvalue weighted by Crippen LogP contribution is -2.29. The van der Waals surface area contributed by atoms with E-state index >= 15 is 0 Å². The Morgan fingerprint density at radius 2 is 2.05 bits per heavy atom. The lowest BCUT2D eigenvalue weighted by molar-refractivity contribution is -0.119. The Bertz CT molecular complexity index is 578. The lowest BCUT2D eigenvalue weighted by atomic mass is 10.1. The van der Waals surface area contributed by atoms with Crippen LogP contribution in [-0.4, -0.2) is 27.4 Å². The number of carbonyl (C=O) groups excluding carboxylic acids is 1. The zero-order valence-electron chi connectivity index (χ0n) is 12.8. The number of nitrogens with one attached hydrogen (secondary N) is 2. The largest absolute Gasteiger partial charge is 0.329 e. The first kappa shape index (κ1) is 20.9. The fourth-order valence-corrected chi connectivity index (χ4v) is 2.94. The smallest absolute Gasteiger partial charge is 0.240 e. The molecule has 0 aliphatic carbocycles. The Morgan fingerprint density at radius 1 is 1.36 bits per heavy atom. The molecule has 1 aromatic rings. The van der Waals surface area contributed by atoms with Crippen molar-refractivity contribution in [2.75, 3.05) is 18.4 Å². The maximum absolute atomic E-state index is 12.0. The highest BCUT2D eigenvalue weighted by Gasteiger charge is 2.15.